The molecule has 3 unspecified atom stereocenters. The largest absolute Gasteiger partial charge is 0.481 e. The standard InChI is InChI=1S/C26H46O5/c1-4-6-8-21(17-24(29)18-23(28)9-7-5-2)25(14-15-27)22-12-11-20(16-22)19(3)10-13-26(30)31/h15,19-23,25,28H,4-14,16-18H2,1-3H3,(H,30,31)/t19-,20+,21?,22?,23+,25?/m1/s1. The summed E-state index contributed by atoms with van der Waals surface area (Å²) in [6.45, 7) is 6.38. The lowest BCUT2D eigenvalue weighted by Gasteiger charge is -2.31. The van der Waals surface area contributed by atoms with E-state index in [0.29, 0.717) is 43.4 Å². The van der Waals surface area contributed by atoms with E-state index >= 15 is 0 Å². The number of carbonyl (C=O) groups is 3. The van der Waals surface area contributed by atoms with Gasteiger partial charge in [-0.25, -0.2) is 0 Å². The zero-order valence-electron chi connectivity index (χ0n) is 20.1. The van der Waals surface area contributed by atoms with Gasteiger partial charge < -0.3 is 15.0 Å². The van der Waals surface area contributed by atoms with Crippen molar-refractivity contribution in [3.63, 3.8) is 0 Å². The van der Waals surface area contributed by atoms with Crippen LogP contribution in [0.1, 0.15) is 111 Å². The smallest absolute Gasteiger partial charge is 0.303 e. The molecule has 1 aliphatic carbocycles. The SMILES string of the molecule is CCCCC(CC(=O)C[C@@H](O)CCCC)C(CC=O)C1CC[C@H]([C@H](C)CCC(=O)O)C1. The predicted octanol–water partition coefficient (Wildman–Crippen LogP) is 5.82. The third-order valence-electron chi connectivity index (χ3n) is 7.48. The molecular formula is C26H46O5. The number of carbonyl (C=O) groups excluding carboxylic acids is 2. The summed E-state index contributed by atoms with van der Waals surface area (Å²) < 4.78 is 0. The molecule has 0 aromatic heterocycles. The molecule has 0 radical (unpaired) electrons. The molecule has 1 saturated carbocycles. The van der Waals surface area contributed by atoms with Gasteiger partial charge in [-0.15, -0.1) is 0 Å². The molecule has 0 spiro atoms. The zero-order valence-corrected chi connectivity index (χ0v) is 20.1. The van der Waals surface area contributed by atoms with Gasteiger partial charge in [0.25, 0.3) is 0 Å². The Morgan fingerprint density at radius 2 is 1.65 bits per heavy atom. The van der Waals surface area contributed by atoms with Crippen molar-refractivity contribution in [3.8, 4) is 0 Å². The summed E-state index contributed by atoms with van der Waals surface area (Å²) in [4.78, 5) is 35.2. The van der Waals surface area contributed by atoms with E-state index in [1.807, 2.05) is 0 Å². The number of unbranched alkanes of at least 4 members (excludes halogenated alkanes) is 2. The van der Waals surface area contributed by atoms with Gasteiger partial charge >= 0.3 is 5.97 Å². The number of hydrogen-bond donors (Lipinski definition) is 2. The van der Waals surface area contributed by atoms with Gasteiger partial charge in [-0.3, -0.25) is 9.59 Å². The van der Waals surface area contributed by atoms with Crippen LogP contribution >= 0.6 is 0 Å². The lowest BCUT2D eigenvalue weighted by atomic mass is 9.73. The molecule has 0 aromatic carbocycles. The summed E-state index contributed by atoms with van der Waals surface area (Å²) in [7, 11) is 0. The van der Waals surface area contributed by atoms with Crippen LogP contribution < -0.4 is 0 Å². The van der Waals surface area contributed by atoms with Crippen LogP contribution in [0.2, 0.25) is 0 Å². The summed E-state index contributed by atoms with van der Waals surface area (Å²) in [6, 6.07) is 0. The first kappa shape index (κ1) is 27.8. The molecule has 1 fully saturated rings. The summed E-state index contributed by atoms with van der Waals surface area (Å²) in [5.41, 5.74) is 0. The molecule has 5 nitrogen and oxygen atoms in total. The topological polar surface area (TPSA) is 91.7 Å². The molecule has 0 heterocycles. The van der Waals surface area contributed by atoms with Crippen LogP contribution in [0.4, 0.5) is 0 Å². The van der Waals surface area contributed by atoms with Crippen molar-refractivity contribution in [1.29, 1.82) is 0 Å². The molecule has 1 aliphatic rings. The maximum atomic E-state index is 12.7. The second kappa shape index (κ2) is 15.6. The molecular weight excluding hydrogens is 392 g/mol. The van der Waals surface area contributed by atoms with Gasteiger partial charge in [0, 0.05) is 25.7 Å². The minimum absolute atomic E-state index is 0.130. The first-order valence-electron chi connectivity index (χ1n) is 12.7. The minimum atomic E-state index is -0.737. The van der Waals surface area contributed by atoms with Crippen molar-refractivity contribution in [2.75, 3.05) is 0 Å². The third-order valence-corrected chi connectivity index (χ3v) is 7.48. The van der Waals surface area contributed by atoms with E-state index in [2.05, 4.69) is 20.8 Å². The van der Waals surface area contributed by atoms with Gasteiger partial charge in [-0.2, -0.15) is 0 Å². The van der Waals surface area contributed by atoms with E-state index < -0.39 is 12.1 Å². The lowest BCUT2D eigenvalue weighted by molar-refractivity contribution is -0.137. The Morgan fingerprint density at radius 1 is 1.00 bits per heavy atom. The van der Waals surface area contributed by atoms with Crippen molar-refractivity contribution >= 4 is 18.0 Å². The normalized spacial score (nSPS) is 22.6. The molecule has 6 atom stereocenters. The molecule has 0 amide bonds. The van der Waals surface area contributed by atoms with E-state index in [-0.39, 0.29) is 30.5 Å². The summed E-state index contributed by atoms with van der Waals surface area (Å²) in [6.07, 6.45) is 11.5. The van der Waals surface area contributed by atoms with E-state index in [1.54, 1.807) is 0 Å². The summed E-state index contributed by atoms with van der Waals surface area (Å²) >= 11 is 0. The molecule has 0 aromatic rings. The fourth-order valence-corrected chi connectivity index (χ4v) is 5.54. The summed E-state index contributed by atoms with van der Waals surface area (Å²) in [5.74, 6) is 1.14. The second-order valence-corrected chi connectivity index (χ2v) is 9.95. The Kier molecular flexibility index (Phi) is 13.9. The summed E-state index contributed by atoms with van der Waals surface area (Å²) in [5, 5.41) is 19.1. The van der Waals surface area contributed by atoms with Gasteiger partial charge in [0.15, 0.2) is 0 Å². The van der Waals surface area contributed by atoms with Crippen LogP contribution in [0, 0.1) is 29.6 Å². The van der Waals surface area contributed by atoms with Gasteiger partial charge in [-0.1, -0.05) is 46.5 Å². The Morgan fingerprint density at radius 3 is 2.26 bits per heavy atom. The van der Waals surface area contributed by atoms with Crippen molar-refractivity contribution in [2.45, 2.75) is 117 Å². The van der Waals surface area contributed by atoms with Crippen LogP contribution in [0.3, 0.4) is 0 Å². The van der Waals surface area contributed by atoms with Crippen molar-refractivity contribution in [3.05, 3.63) is 0 Å². The number of hydrogen-bond acceptors (Lipinski definition) is 4. The van der Waals surface area contributed by atoms with Crippen LogP contribution in [0.5, 0.6) is 0 Å². The highest BCUT2D eigenvalue weighted by molar-refractivity contribution is 5.79. The van der Waals surface area contributed by atoms with Gasteiger partial charge in [0.1, 0.15) is 12.1 Å². The van der Waals surface area contributed by atoms with E-state index in [0.717, 1.165) is 57.7 Å². The molecule has 0 bridgehead atoms. The quantitative estimate of drug-likeness (QED) is 0.263. The first-order chi connectivity index (χ1) is 14.8. The Hall–Kier alpha value is -1.23. The zero-order chi connectivity index (χ0) is 23.2. The maximum Gasteiger partial charge on any atom is 0.303 e. The molecule has 0 saturated heterocycles. The van der Waals surface area contributed by atoms with Crippen LogP contribution in [-0.4, -0.2) is 34.4 Å². The van der Waals surface area contributed by atoms with E-state index in [1.165, 1.54) is 0 Å². The van der Waals surface area contributed by atoms with E-state index in [9.17, 15) is 19.5 Å². The maximum absolute atomic E-state index is 12.7. The lowest BCUT2D eigenvalue weighted by Crippen LogP contribution is -2.27. The monoisotopic (exact) mass is 438 g/mol. The van der Waals surface area contributed by atoms with Crippen LogP contribution in [-0.2, 0) is 14.4 Å². The molecule has 180 valence electrons. The number of ketones is 1. The average Bonchev–Trinajstić information content (AvgIpc) is 3.21. The number of aliphatic hydroxyl groups is 1. The van der Waals surface area contributed by atoms with Gasteiger partial charge in [0.2, 0.25) is 0 Å². The second-order valence-electron chi connectivity index (χ2n) is 9.95. The van der Waals surface area contributed by atoms with Crippen molar-refractivity contribution in [2.24, 2.45) is 29.6 Å². The van der Waals surface area contributed by atoms with Gasteiger partial charge in [-0.05, 0) is 68.1 Å². The van der Waals surface area contributed by atoms with Crippen molar-refractivity contribution < 1.29 is 24.6 Å². The molecule has 5 heteroatoms. The van der Waals surface area contributed by atoms with Gasteiger partial charge in [0.05, 0.1) is 6.10 Å². The third kappa shape index (κ3) is 10.8. The highest BCUT2D eigenvalue weighted by Gasteiger charge is 2.37. The molecule has 31 heavy (non-hydrogen) atoms. The molecule has 1 rings (SSSR count). The molecule has 0 aliphatic heterocycles. The predicted molar refractivity (Wildman–Crippen MR) is 124 cm³/mol. The number of aliphatic carboxylic acids is 1. The number of rotatable bonds is 18. The fourth-order valence-electron chi connectivity index (χ4n) is 5.54. The van der Waals surface area contributed by atoms with Crippen LogP contribution in [0.25, 0.3) is 0 Å². The highest BCUT2D eigenvalue weighted by Crippen LogP contribution is 2.45. The number of Topliss-reactive ketones (excluding diaryl/α,β-unsaturated/α-hetero) is 1. The number of aldehydes is 1. The Labute approximate surface area is 189 Å². The minimum Gasteiger partial charge on any atom is -0.481 e. The number of carboxylic acids is 1. The average molecular weight is 439 g/mol. The highest BCUT2D eigenvalue weighted by atomic mass is 16.4. The first-order valence-corrected chi connectivity index (χ1v) is 12.7. The number of carboxylic acid groups (broad SMARTS) is 1. The van der Waals surface area contributed by atoms with E-state index in [4.69, 9.17) is 5.11 Å². The van der Waals surface area contributed by atoms with Crippen LogP contribution in [0.15, 0.2) is 0 Å². The Bertz CT molecular complexity index is 532. The number of aliphatic hydroxyl groups excluding tert-OH is 1. The van der Waals surface area contributed by atoms with Crippen molar-refractivity contribution in [1.82, 2.24) is 0 Å². The fraction of sp³-hybridized carbons (Fsp3) is 0.885. The molecule has 2 N–H and O–H groups in total. The Balaban J connectivity index is 2.76.